The van der Waals surface area contributed by atoms with Crippen LogP contribution in [0.5, 0.6) is 0 Å². The predicted octanol–water partition coefficient (Wildman–Crippen LogP) is 1.96. The minimum atomic E-state index is -0.941. The fourth-order valence-electron chi connectivity index (χ4n) is 2.01. The van der Waals surface area contributed by atoms with E-state index in [0.717, 1.165) is 11.4 Å². The standard InChI is InChI=1S/C17H16N4O2/c1-20(15-5-3-2-4-6-15)21(13-19-12-17(22)23)16-9-7-14(11-18)8-10-16/h2-10,13H,12H2,1H3,(H,22,23)/p+1. The number of hydrazone groups is 1. The molecule has 0 unspecified atom stereocenters. The Morgan fingerprint density at radius 3 is 2.48 bits per heavy atom. The Morgan fingerprint density at radius 2 is 1.91 bits per heavy atom. The van der Waals surface area contributed by atoms with Crippen molar-refractivity contribution in [3.05, 3.63) is 60.2 Å². The van der Waals surface area contributed by atoms with Gasteiger partial charge in [0.05, 0.1) is 17.3 Å². The average Bonchev–Trinajstić information content (AvgIpc) is 2.59. The summed E-state index contributed by atoms with van der Waals surface area (Å²) < 4.78 is 1.78. The Hall–Kier alpha value is -3.33. The third-order valence-electron chi connectivity index (χ3n) is 3.18. The summed E-state index contributed by atoms with van der Waals surface area (Å²) in [6, 6.07) is 18.8. The van der Waals surface area contributed by atoms with Gasteiger partial charge in [0, 0.05) is 7.05 Å². The third-order valence-corrected chi connectivity index (χ3v) is 3.18. The fraction of sp³-hybridized carbons (Fsp3) is 0.118. The lowest BCUT2D eigenvalue weighted by atomic mass is 10.2. The van der Waals surface area contributed by atoms with Gasteiger partial charge in [-0.3, -0.25) is 5.32 Å². The molecule has 23 heavy (non-hydrogen) atoms. The maximum Gasteiger partial charge on any atom is 0.345 e. The average molecular weight is 309 g/mol. The van der Waals surface area contributed by atoms with Crippen LogP contribution in [0.1, 0.15) is 5.56 Å². The number of hydrogen-bond acceptors (Lipinski definition) is 3. The lowest BCUT2D eigenvalue weighted by molar-refractivity contribution is -0.448. The number of para-hydroxylation sites is 1. The van der Waals surface area contributed by atoms with E-state index < -0.39 is 5.97 Å². The maximum atomic E-state index is 10.7. The van der Waals surface area contributed by atoms with Crippen molar-refractivity contribution in [3.8, 4) is 6.07 Å². The SMILES string of the molecule is CN(c1ccccc1)[N+](=CNCC(=O)O)c1ccc(C#N)cc1. The molecular weight excluding hydrogens is 292 g/mol. The van der Waals surface area contributed by atoms with Crippen molar-refractivity contribution in [3.63, 3.8) is 0 Å². The number of hydrogen-bond donors (Lipinski definition) is 2. The van der Waals surface area contributed by atoms with Crippen molar-refractivity contribution < 1.29 is 14.6 Å². The summed E-state index contributed by atoms with van der Waals surface area (Å²) >= 11 is 0. The van der Waals surface area contributed by atoms with Gasteiger partial charge in [-0.25, -0.2) is 9.80 Å². The number of nitriles is 1. The molecule has 6 heteroatoms. The summed E-state index contributed by atoms with van der Waals surface area (Å²) in [4.78, 5) is 10.7. The smallest absolute Gasteiger partial charge is 0.345 e. The minimum absolute atomic E-state index is 0.185. The van der Waals surface area contributed by atoms with Gasteiger partial charge in [0.15, 0.2) is 12.2 Å². The van der Waals surface area contributed by atoms with E-state index in [1.807, 2.05) is 42.4 Å². The van der Waals surface area contributed by atoms with Crippen molar-refractivity contribution in [1.82, 2.24) is 5.32 Å². The second-order valence-corrected chi connectivity index (χ2v) is 4.77. The monoisotopic (exact) mass is 309 g/mol. The first-order chi connectivity index (χ1) is 11.1. The molecule has 2 N–H and O–H groups in total. The van der Waals surface area contributed by atoms with E-state index in [-0.39, 0.29) is 6.54 Å². The number of carboxylic acids is 1. The zero-order valence-corrected chi connectivity index (χ0v) is 12.7. The molecule has 0 heterocycles. The Kier molecular flexibility index (Phi) is 5.31. The summed E-state index contributed by atoms with van der Waals surface area (Å²) in [5.41, 5.74) is 2.30. The van der Waals surface area contributed by atoms with E-state index in [1.54, 1.807) is 35.3 Å². The number of benzene rings is 2. The topological polar surface area (TPSA) is 79.4 Å². The zero-order valence-electron chi connectivity index (χ0n) is 12.7. The number of carbonyl (C=O) groups is 1. The number of nitrogens with zero attached hydrogens (tertiary/aromatic N) is 3. The molecule has 0 saturated heterocycles. The Bertz CT molecular complexity index is 733. The van der Waals surface area contributed by atoms with Crippen molar-refractivity contribution in [2.24, 2.45) is 0 Å². The number of nitrogens with one attached hydrogen (secondary N) is 1. The molecule has 0 radical (unpaired) electrons. The van der Waals surface area contributed by atoms with E-state index >= 15 is 0 Å². The van der Waals surface area contributed by atoms with Gasteiger partial charge in [-0.2, -0.15) is 5.26 Å². The molecule has 116 valence electrons. The highest BCUT2D eigenvalue weighted by Gasteiger charge is 2.13. The molecule has 0 aliphatic rings. The van der Waals surface area contributed by atoms with Crippen LogP contribution in [-0.4, -0.2) is 35.7 Å². The van der Waals surface area contributed by atoms with E-state index in [0.29, 0.717) is 5.56 Å². The number of rotatable bonds is 6. The van der Waals surface area contributed by atoms with Crippen LogP contribution in [0.15, 0.2) is 54.6 Å². The number of hydrazine groups is 1. The Morgan fingerprint density at radius 1 is 1.26 bits per heavy atom. The van der Waals surface area contributed by atoms with Crippen LogP contribution >= 0.6 is 0 Å². The molecule has 0 amide bonds. The van der Waals surface area contributed by atoms with Crippen LogP contribution in [-0.2, 0) is 4.79 Å². The van der Waals surface area contributed by atoms with E-state index in [4.69, 9.17) is 10.4 Å². The van der Waals surface area contributed by atoms with Gasteiger partial charge in [-0.1, -0.05) is 18.2 Å². The van der Waals surface area contributed by atoms with Gasteiger partial charge in [0.1, 0.15) is 0 Å². The summed E-state index contributed by atoms with van der Waals surface area (Å²) in [6.07, 6.45) is 1.59. The fourth-order valence-corrected chi connectivity index (χ4v) is 2.01. The molecule has 0 aliphatic carbocycles. The largest absolute Gasteiger partial charge is 0.478 e. The molecule has 0 saturated carbocycles. The highest BCUT2D eigenvalue weighted by Crippen LogP contribution is 2.19. The normalized spacial score (nSPS) is 10.7. The number of aliphatic carboxylic acids is 1. The summed E-state index contributed by atoms with van der Waals surface area (Å²) in [5.74, 6) is -0.941. The molecule has 0 aliphatic heterocycles. The predicted molar refractivity (Wildman–Crippen MR) is 87.6 cm³/mol. The van der Waals surface area contributed by atoms with Gasteiger partial charge in [0.2, 0.25) is 0 Å². The summed E-state index contributed by atoms with van der Waals surface area (Å²) in [5, 5.41) is 22.3. The maximum absolute atomic E-state index is 10.7. The minimum Gasteiger partial charge on any atom is -0.478 e. The highest BCUT2D eigenvalue weighted by atomic mass is 16.4. The molecule has 0 bridgehead atoms. The third kappa shape index (κ3) is 4.32. The second kappa shape index (κ2) is 7.61. The summed E-state index contributed by atoms with van der Waals surface area (Å²) in [6.45, 7) is -0.185. The van der Waals surface area contributed by atoms with Crippen LogP contribution in [0, 0.1) is 11.3 Å². The van der Waals surface area contributed by atoms with Crippen LogP contribution in [0.25, 0.3) is 0 Å². The lowest BCUT2D eigenvalue weighted by Crippen LogP contribution is -2.34. The first-order valence-electron chi connectivity index (χ1n) is 6.98. The van der Waals surface area contributed by atoms with Crippen molar-refractivity contribution >= 4 is 23.7 Å². The van der Waals surface area contributed by atoms with E-state index in [1.165, 1.54) is 0 Å². The first kappa shape index (κ1) is 16.0. The Balaban J connectivity index is 2.34. The van der Waals surface area contributed by atoms with Gasteiger partial charge in [0.25, 0.3) is 6.34 Å². The van der Waals surface area contributed by atoms with Crippen molar-refractivity contribution in [2.45, 2.75) is 0 Å². The summed E-state index contributed by atoms with van der Waals surface area (Å²) in [7, 11) is 1.87. The zero-order chi connectivity index (χ0) is 16.7. The van der Waals surface area contributed by atoms with Crippen molar-refractivity contribution in [2.75, 3.05) is 18.6 Å². The van der Waals surface area contributed by atoms with E-state index in [2.05, 4.69) is 11.4 Å². The molecule has 2 aromatic rings. The molecule has 0 aromatic heterocycles. The van der Waals surface area contributed by atoms with Crippen LogP contribution < -0.4 is 10.3 Å². The molecular formula is C17H17N4O2+. The van der Waals surface area contributed by atoms with Crippen LogP contribution in [0.2, 0.25) is 0 Å². The molecule has 6 nitrogen and oxygen atoms in total. The molecule has 2 aromatic carbocycles. The van der Waals surface area contributed by atoms with Crippen LogP contribution in [0.3, 0.4) is 0 Å². The van der Waals surface area contributed by atoms with Gasteiger partial charge >= 0.3 is 5.97 Å². The molecule has 0 fully saturated rings. The molecule has 2 rings (SSSR count). The van der Waals surface area contributed by atoms with Gasteiger partial charge in [-0.15, -0.1) is 4.68 Å². The second-order valence-electron chi connectivity index (χ2n) is 4.77. The molecule has 0 atom stereocenters. The van der Waals surface area contributed by atoms with Gasteiger partial charge < -0.3 is 5.11 Å². The highest BCUT2D eigenvalue weighted by molar-refractivity contribution is 5.72. The number of carboxylic acid groups (broad SMARTS) is 1. The van der Waals surface area contributed by atoms with Crippen LogP contribution in [0.4, 0.5) is 11.4 Å². The first-order valence-corrected chi connectivity index (χ1v) is 6.98. The van der Waals surface area contributed by atoms with E-state index in [9.17, 15) is 4.79 Å². The Labute approximate surface area is 134 Å². The van der Waals surface area contributed by atoms with Gasteiger partial charge in [-0.05, 0) is 36.4 Å². The quantitative estimate of drug-likeness (QED) is 0.369. The lowest BCUT2D eigenvalue weighted by Gasteiger charge is -2.20. The number of anilines is 1. The molecule has 0 spiro atoms. The van der Waals surface area contributed by atoms with Crippen molar-refractivity contribution in [1.29, 1.82) is 5.26 Å².